The summed E-state index contributed by atoms with van der Waals surface area (Å²) in [5.41, 5.74) is 1.92. The van der Waals surface area contributed by atoms with Crippen LogP contribution in [0.25, 0.3) is 0 Å². The maximum atomic E-state index is 13.6. The van der Waals surface area contributed by atoms with Gasteiger partial charge in [-0.2, -0.15) is 4.98 Å². The lowest BCUT2D eigenvalue weighted by molar-refractivity contribution is 0.370. The zero-order valence-electron chi connectivity index (χ0n) is 13.0. The van der Waals surface area contributed by atoms with Crippen molar-refractivity contribution < 1.29 is 8.91 Å². The summed E-state index contributed by atoms with van der Waals surface area (Å²) in [4.78, 5) is 8.70. The van der Waals surface area contributed by atoms with Gasteiger partial charge in [-0.15, -0.1) is 0 Å². The molecular weight excluding hydrogens is 283 g/mol. The highest BCUT2D eigenvalue weighted by Crippen LogP contribution is 2.33. The minimum Gasteiger partial charge on any atom is -0.373 e. The van der Waals surface area contributed by atoms with E-state index >= 15 is 0 Å². The van der Waals surface area contributed by atoms with E-state index in [4.69, 9.17) is 4.52 Å². The van der Waals surface area contributed by atoms with Gasteiger partial charge >= 0.3 is 0 Å². The average Bonchev–Trinajstić information content (AvgIpc) is 2.87. The highest BCUT2D eigenvalue weighted by Gasteiger charge is 2.21. The molecule has 6 heteroatoms. The highest BCUT2D eigenvalue weighted by molar-refractivity contribution is 5.71. The van der Waals surface area contributed by atoms with Crippen LogP contribution in [0.15, 0.2) is 22.7 Å². The quantitative estimate of drug-likeness (QED) is 0.869. The monoisotopic (exact) mass is 304 g/mol. The topological polar surface area (TPSA) is 45.4 Å². The molecule has 0 saturated carbocycles. The number of benzene rings is 1. The van der Waals surface area contributed by atoms with Gasteiger partial charge in [0.2, 0.25) is 5.89 Å². The van der Waals surface area contributed by atoms with Crippen LogP contribution in [-0.2, 0) is 13.0 Å². The largest absolute Gasteiger partial charge is 0.373 e. The fourth-order valence-electron chi connectivity index (χ4n) is 2.82. The molecule has 2 heterocycles. The molecule has 0 saturated heterocycles. The molecule has 1 aliphatic heterocycles. The maximum Gasteiger partial charge on any atom is 0.246 e. The summed E-state index contributed by atoms with van der Waals surface area (Å²) < 4.78 is 18.9. The van der Waals surface area contributed by atoms with E-state index in [0.29, 0.717) is 12.4 Å². The third kappa shape index (κ3) is 3.05. The first kappa shape index (κ1) is 14.8. The van der Waals surface area contributed by atoms with Crippen LogP contribution in [0.1, 0.15) is 31.5 Å². The van der Waals surface area contributed by atoms with Gasteiger partial charge in [-0.05, 0) is 31.0 Å². The van der Waals surface area contributed by atoms with E-state index in [0.717, 1.165) is 49.6 Å². The van der Waals surface area contributed by atoms with Gasteiger partial charge in [-0.25, -0.2) is 4.39 Å². The van der Waals surface area contributed by atoms with Gasteiger partial charge in [0.15, 0.2) is 5.82 Å². The molecule has 22 heavy (non-hydrogen) atoms. The summed E-state index contributed by atoms with van der Waals surface area (Å²) >= 11 is 0. The predicted octanol–water partition coefficient (Wildman–Crippen LogP) is 3.01. The molecule has 0 fully saturated rings. The van der Waals surface area contributed by atoms with Crippen molar-refractivity contribution >= 4 is 11.4 Å². The second kappa shape index (κ2) is 6.34. The van der Waals surface area contributed by atoms with Crippen LogP contribution in [0.4, 0.5) is 15.8 Å². The molecular formula is C16H21FN4O. The molecule has 0 N–H and O–H groups in total. The van der Waals surface area contributed by atoms with Gasteiger partial charge in [-0.1, -0.05) is 12.1 Å². The lowest BCUT2D eigenvalue weighted by atomic mass is 10.2. The summed E-state index contributed by atoms with van der Waals surface area (Å²) in [5, 5.41) is 4.00. The summed E-state index contributed by atoms with van der Waals surface area (Å²) in [6.07, 6.45) is 2.83. The van der Waals surface area contributed by atoms with Crippen molar-refractivity contribution in [1.29, 1.82) is 0 Å². The molecule has 0 amide bonds. The van der Waals surface area contributed by atoms with Crippen molar-refractivity contribution in [3.8, 4) is 0 Å². The molecule has 5 nitrogen and oxygen atoms in total. The number of fused-ring (bicyclic) bond motifs is 1. The number of hydrogen-bond acceptors (Lipinski definition) is 5. The zero-order valence-corrected chi connectivity index (χ0v) is 13.0. The van der Waals surface area contributed by atoms with E-state index in [1.165, 1.54) is 6.07 Å². The molecule has 3 rings (SSSR count). The summed E-state index contributed by atoms with van der Waals surface area (Å²) in [5.74, 6) is 1.16. The number of rotatable bonds is 4. The van der Waals surface area contributed by atoms with Crippen LogP contribution in [0, 0.1) is 5.82 Å². The van der Waals surface area contributed by atoms with Crippen molar-refractivity contribution in [2.24, 2.45) is 0 Å². The Morgan fingerprint density at radius 1 is 1.27 bits per heavy atom. The number of hydrogen-bond donors (Lipinski definition) is 0. The predicted molar refractivity (Wildman–Crippen MR) is 83.6 cm³/mol. The van der Waals surface area contributed by atoms with Gasteiger partial charge in [0.25, 0.3) is 0 Å². The van der Waals surface area contributed by atoms with Crippen LogP contribution in [0.2, 0.25) is 0 Å². The summed E-state index contributed by atoms with van der Waals surface area (Å²) in [6, 6.07) is 4.92. The Bertz CT molecular complexity index is 643. The SMILES string of the molecule is CCCc1noc(CN2CCCN(C)c3cc(F)ccc32)n1. The lowest BCUT2D eigenvalue weighted by Gasteiger charge is -2.24. The Hall–Kier alpha value is -2.11. The molecule has 0 bridgehead atoms. The fraction of sp³-hybridized carbons (Fsp3) is 0.500. The van der Waals surface area contributed by atoms with Crippen LogP contribution in [-0.4, -0.2) is 30.3 Å². The first-order valence-corrected chi connectivity index (χ1v) is 7.74. The van der Waals surface area contributed by atoms with Crippen molar-refractivity contribution in [3.63, 3.8) is 0 Å². The Morgan fingerprint density at radius 2 is 2.14 bits per heavy atom. The Morgan fingerprint density at radius 3 is 2.95 bits per heavy atom. The van der Waals surface area contributed by atoms with E-state index in [1.807, 2.05) is 13.1 Å². The molecule has 0 spiro atoms. The third-order valence-corrected chi connectivity index (χ3v) is 3.92. The molecule has 1 aromatic heterocycles. The number of halogens is 1. The third-order valence-electron chi connectivity index (χ3n) is 3.92. The molecule has 118 valence electrons. The van der Waals surface area contributed by atoms with Crippen LogP contribution in [0.5, 0.6) is 0 Å². The summed E-state index contributed by atoms with van der Waals surface area (Å²) in [6.45, 7) is 4.43. The van der Waals surface area contributed by atoms with E-state index in [1.54, 1.807) is 6.07 Å². The van der Waals surface area contributed by atoms with E-state index in [-0.39, 0.29) is 5.82 Å². The second-order valence-corrected chi connectivity index (χ2v) is 5.68. The molecule has 0 aliphatic carbocycles. The van der Waals surface area contributed by atoms with Crippen LogP contribution < -0.4 is 9.80 Å². The first-order valence-electron chi connectivity index (χ1n) is 7.74. The van der Waals surface area contributed by atoms with Gasteiger partial charge in [0, 0.05) is 26.6 Å². The Labute approximate surface area is 129 Å². The van der Waals surface area contributed by atoms with Crippen molar-refractivity contribution in [2.75, 3.05) is 29.9 Å². The molecule has 0 unspecified atom stereocenters. The van der Waals surface area contributed by atoms with E-state index in [2.05, 4.69) is 26.9 Å². The van der Waals surface area contributed by atoms with Gasteiger partial charge < -0.3 is 14.3 Å². The summed E-state index contributed by atoms with van der Waals surface area (Å²) in [7, 11) is 1.99. The first-order chi connectivity index (χ1) is 10.7. The standard InChI is InChI=1S/C16H21FN4O/c1-3-5-15-18-16(22-19-15)11-21-9-4-8-20(2)14-10-12(17)6-7-13(14)21/h6-7,10H,3-5,8-9,11H2,1-2H3. The van der Waals surface area contributed by atoms with Crippen molar-refractivity contribution in [1.82, 2.24) is 10.1 Å². The number of anilines is 2. The Balaban J connectivity index is 1.85. The number of aromatic nitrogens is 2. The molecule has 1 aromatic carbocycles. The second-order valence-electron chi connectivity index (χ2n) is 5.68. The van der Waals surface area contributed by atoms with Gasteiger partial charge in [-0.3, -0.25) is 0 Å². The fourth-order valence-corrected chi connectivity index (χ4v) is 2.82. The van der Waals surface area contributed by atoms with Crippen molar-refractivity contribution in [3.05, 3.63) is 35.7 Å². The van der Waals surface area contributed by atoms with Crippen LogP contribution in [0.3, 0.4) is 0 Å². The minimum atomic E-state index is -0.213. The average molecular weight is 304 g/mol. The lowest BCUT2D eigenvalue weighted by Crippen LogP contribution is -2.23. The molecule has 0 atom stereocenters. The molecule has 1 aliphatic rings. The van der Waals surface area contributed by atoms with Crippen molar-refractivity contribution in [2.45, 2.75) is 32.7 Å². The van der Waals surface area contributed by atoms with E-state index < -0.39 is 0 Å². The number of nitrogens with zero attached hydrogens (tertiary/aromatic N) is 4. The smallest absolute Gasteiger partial charge is 0.246 e. The molecule has 0 radical (unpaired) electrons. The Kier molecular flexibility index (Phi) is 4.27. The van der Waals surface area contributed by atoms with Gasteiger partial charge in [0.1, 0.15) is 5.82 Å². The molecule has 2 aromatic rings. The highest BCUT2D eigenvalue weighted by atomic mass is 19.1. The minimum absolute atomic E-state index is 0.213. The maximum absolute atomic E-state index is 13.6. The number of aryl methyl sites for hydroxylation is 1. The zero-order chi connectivity index (χ0) is 15.5. The van der Waals surface area contributed by atoms with Crippen LogP contribution >= 0.6 is 0 Å². The van der Waals surface area contributed by atoms with E-state index in [9.17, 15) is 4.39 Å². The van der Waals surface area contributed by atoms with Gasteiger partial charge in [0.05, 0.1) is 17.9 Å². The normalized spacial score (nSPS) is 14.9.